The van der Waals surface area contributed by atoms with E-state index >= 15 is 0 Å². The quantitative estimate of drug-likeness (QED) is 0.292. The van der Waals surface area contributed by atoms with E-state index in [1.165, 1.54) is 26.2 Å². The van der Waals surface area contributed by atoms with E-state index in [0.717, 1.165) is 50.7 Å². The van der Waals surface area contributed by atoms with Gasteiger partial charge >= 0.3 is 5.97 Å². The lowest BCUT2D eigenvalue weighted by Crippen LogP contribution is -2.22. The first kappa shape index (κ1) is 26.0. The van der Waals surface area contributed by atoms with Crippen molar-refractivity contribution in [1.29, 1.82) is 0 Å². The number of esters is 1. The standard InChI is InChI=1S/C31H28N2O6S/c1-33(2)40(35,36)23-9-5-7-21(16-23)18-37-31(34)29-24-10-3-4-12-26(24)32-30-22(8-6-11-25(29)30)15-20-13-14-27-28(17-20)39-19-38-27/h3-5,7,9-10,12-17H,6,8,11,18-19H2,1-2H3/b22-15-. The van der Waals surface area contributed by atoms with Crippen LogP contribution in [-0.2, 0) is 27.8 Å². The molecule has 0 saturated heterocycles. The van der Waals surface area contributed by atoms with Gasteiger partial charge in [0.15, 0.2) is 11.5 Å². The summed E-state index contributed by atoms with van der Waals surface area (Å²) in [7, 11) is -0.641. The van der Waals surface area contributed by atoms with E-state index in [9.17, 15) is 13.2 Å². The van der Waals surface area contributed by atoms with Gasteiger partial charge in [-0.3, -0.25) is 0 Å². The van der Waals surface area contributed by atoms with Gasteiger partial charge in [-0.1, -0.05) is 36.4 Å². The number of benzene rings is 3. The Balaban J connectivity index is 1.35. The highest BCUT2D eigenvalue weighted by Gasteiger charge is 2.26. The first-order valence-electron chi connectivity index (χ1n) is 13.0. The maximum absolute atomic E-state index is 13.7. The minimum absolute atomic E-state index is 0.0546. The van der Waals surface area contributed by atoms with E-state index < -0.39 is 16.0 Å². The van der Waals surface area contributed by atoms with E-state index in [-0.39, 0.29) is 18.3 Å². The van der Waals surface area contributed by atoms with Crippen LogP contribution in [0.15, 0.2) is 71.6 Å². The van der Waals surface area contributed by atoms with E-state index in [1.54, 1.807) is 12.1 Å². The van der Waals surface area contributed by atoms with Crippen LogP contribution in [0.5, 0.6) is 11.5 Å². The van der Waals surface area contributed by atoms with Crippen molar-refractivity contribution in [2.45, 2.75) is 30.8 Å². The molecule has 4 aromatic rings. The van der Waals surface area contributed by atoms with E-state index in [4.69, 9.17) is 19.2 Å². The van der Waals surface area contributed by atoms with Crippen molar-refractivity contribution in [3.63, 3.8) is 0 Å². The highest BCUT2D eigenvalue weighted by atomic mass is 32.2. The Labute approximate surface area is 232 Å². The highest BCUT2D eigenvalue weighted by Crippen LogP contribution is 2.38. The summed E-state index contributed by atoms with van der Waals surface area (Å²) in [6, 6.07) is 19.9. The molecule has 9 heteroatoms. The number of rotatable bonds is 6. The maximum atomic E-state index is 13.7. The molecular weight excluding hydrogens is 528 g/mol. The molecule has 0 fully saturated rings. The summed E-state index contributed by atoms with van der Waals surface area (Å²) in [4.78, 5) is 18.8. The smallest absolute Gasteiger partial charge is 0.339 e. The number of fused-ring (bicyclic) bond motifs is 3. The van der Waals surface area contributed by atoms with Gasteiger partial charge in [0.25, 0.3) is 0 Å². The lowest BCUT2D eigenvalue weighted by atomic mass is 9.86. The Bertz CT molecular complexity index is 1780. The molecule has 2 heterocycles. The van der Waals surface area contributed by atoms with Crippen LogP contribution in [0.2, 0.25) is 0 Å². The van der Waals surface area contributed by atoms with Crippen molar-refractivity contribution in [3.05, 3.63) is 94.7 Å². The molecule has 0 N–H and O–H groups in total. The molecule has 0 bridgehead atoms. The molecule has 1 aliphatic carbocycles. The number of sulfonamides is 1. The van der Waals surface area contributed by atoms with Crippen LogP contribution in [-0.4, -0.2) is 44.6 Å². The van der Waals surface area contributed by atoms with Gasteiger partial charge < -0.3 is 14.2 Å². The zero-order chi connectivity index (χ0) is 27.9. The van der Waals surface area contributed by atoms with Crippen molar-refractivity contribution in [3.8, 4) is 11.5 Å². The zero-order valence-corrected chi connectivity index (χ0v) is 23.0. The molecule has 0 radical (unpaired) electrons. The number of carbonyl (C=O) groups excluding carboxylic acids is 1. The molecule has 3 aromatic carbocycles. The number of hydrogen-bond donors (Lipinski definition) is 0. The summed E-state index contributed by atoms with van der Waals surface area (Å²) in [6.45, 7) is 0.161. The molecule has 204 valence electrons. The van der Waals surface area contributed by atoms with E-state index in [2.05, 4.69) is 6.08 Å². The van der Waals surface area contributed by atoms with Crippen LogP contribution in [0.3, 0.4) is 0 Å². The fraction of sp³-hybridized carbons (Fsp3) is 0.226. The van der Waals surface area contributed by atoms with Gasteiger partial charge in [0, 0.05) is 19.5 Å². The third kappa shape index (κ3) is 4.82. The van der Waals surface area contributed by atoms with Crippen molar-refractivity contribution < 1.29 is 27.4 Å². The fourth-order valence-corrected chi connectivity index (χ4v) is 6.11. The fourth-order valence-electron chi connectivity index (χ4n) is 5.14. The monoisotopic (exact) mass is 556 g/mol. The summed E-state index contributed by atoms with van der Waals surface area (Å²) in [5.74, 6) is 0.980. The Morgan fingerprint density at radius 1 is 1.00 bits per heavy atom. The third-order valence-electron chi connectivity index (χ3n) is 7.16. The second-order valence-corrected chi connectivity index (χ2v) is 12.1. The molecular formula is C31H28N2O6S. The Kier molecular flexibility index (Phi) is 6.77. The van der Waals surface area contributed by atoms with Crippen LogP contribution < -0.4 is 9.47 Å². The predicted octanol–water partition coefficient (Wildman–Crippen LogP) is 5.45. The van der Waals surface area contributed by atoms with Crippen molar-refractivity contribution >= 4 is 38.5 Å². The number of carbonyl (C=O) groups is 1. The van der Waals surface area contributed by atoms with Crippen LogP contribution >= 0.6 is 0 Å². The van der Waals surface area contributed by atoms with Crippen LogP contribution in [0.1, 0.15) is 45.6 Å². The summed E-state index contributed by atoms with van der Waals surface area (Å²) in [5, 5.41) is 0.736. The van der Waals surface area contributed by atoms with Gasteiger partial charge in [-0.15, -0.1) is 0 Å². The Morgan fingerprint density at radius 2 is 1.82 bits per heavy atom. The van der Waals surface area contributed by atoms with Crippen LogP contribution in [0.25, 0.3) is 22.6 Å². The molecule has 0 amide bonds. The Hall–Kier alpha value is -4.21. The average Bonchev–Trinajstić information content (AvgIpc) is 3.43. The average molecular weight is 557 g/mol. The summed E-state index contributed by atoms with van der Waals surface area (Å²) in [6.07, 6.45) is 4.49. The lowest BCUT2D eigenvalue weighted by Gasteiger charge is -2.22. The van der Waals surface area contributed by atoms with Crippen molar-refractivity contribution in [2.24, 2.45) is 0 Å². The second-order valence-electron chi connectivity index (χ2n) is 9.98. The minimum Gasteiger partial charge on any atom is -0.457 e. The van der Waals surface area contributed by atoms with Gasteiger partial charge in [-0.25, -0.2) is 22.5 Å². The first-order chi connectivity index (χ1) is 19.3. The topological polar surface area (TPSA) is 95.0 Å². The molecule has 0 atom stereocenters. The highest BCUT2D eigenvalue weighted by molar-refractivity contribution is 7.89. The number of para-hydroxylation sites is 1. The van der Waals surface area contributed by atoms with E-state index in [1.807, 2.05) is 42.5 Å². The minimum atomic E-state index is -3.60. The molecule has 40 heavy (non-hydrogen) atoms. The van der Waals surface area contributed by atoms with Crippen molar-refractivity contribution in [2.75, 3.05) is 20.9 Å². The molecule has 0 unspecified atom stereocenters. The molecule has 0 saturated carbocycles. The molecule has 0 spiro atoms. The molecule has 2 aliphatic rings. The second kappa shape index (κ2) is 10.4. The number of ether oxygens (including phenoxy) is 3. The SMILES string of the molecule is CN(C)S(=O)(=O)c1cccc(COC(=O)c2c3c(nc4ccccc24)/C(=C\c2ccc4c(c2)OCO4)CCC3)c1. The molecule has 1 aromatic heterocycles. The number of aromatic nitrogens is 1. The number of nitrogens with zero attached hydrogens (tertiary/aromatic N) is 2. The van der Waals surface area contributed by atoms with Crippen LogP contribution in [0, 0.1) is 0 Å². The summed E-state index contributed by atoms with van der Waals surface area (Å²) in [5.41, 5.74) is 5.49. The number of allylic oxidation sites excluding steroid dienone is 1. The van der Waals surface area contributed by atoms with Crippen molar-refractivity contribution in [1.82, 2.24) is 9.29 Å². The third-order valence-corrected chi connectivity index (χ3v) is 8.97. The van der Waals surface area contributed by atoms with Gasteiger partial charge in [-0.05, 0) is 77.9 Å². The first-order valence-corrected chi connectivity index (χ1v) is 14.5. The normalized spacial score (nSPS) is 15.4. The number of hydrogen-bond acceptors (Lipinski definition) is 7. The van der Waals surface area contributed by atoms with Gasteiger partial charge in [-0.2, -0.15) is 0 Å². The van der Waals surface area contributed by atoms with Gasteiger partial charge in [0.2, 0.25) is 16.8 Å². The summed E-state index contributed by atoms with van der Waals surface area (Å²) >= 11 is 0. The zero-order valence-electron chi connectivity index (χ0n) is 22.2. The maximum Gasteiger partial charge on any atom is 0.339 e. The molecule has 8 nitrogen and oxygen atoms in total. The largest absolute Gasteiger partial charge is 0.457 e. The van der Waals surface area contributed by atoms with Gasteiger partial charge in [0.05, 0.1) is 21.7 Å². The number of pyridine rings is 1. The van der Waals surface area contributed by atoms with Gasteiger partial charge in [0.1, 0.15) is 6.61 Å². The molecule has 6 rings (SSSR count). The Morgan fingerprint density at radius 3 is 2.67 bits per heavy atom. The summed E-state index contributed by atoms with van der Waals surface area (Å²) < 4.78 is 43.1. The van der Waals surface area contributed by atoms with Crippen LogP contribution in [0.4, 0.5) is 0 Å². The predicted molar refractivity (Wildman–Crippen MR) is 152 cm³/mol. The molecule has 1 aliphatic heterocycles. The van der Waals surface area contributed by atoms with E-state index in [0.29, 0.717) is 28.8 Å². The lowest BCUT2D eigenvalue weighted by molar-refractivity contribution is 0.0473.